The molecular formula is C33H27F4N3O4. The minimum absolute atomic E-state index is 0.0352. The minimum Gasteiger partial charge on any atom is -0.478 e. The van der Waals surface area contributed by atoms with Crippen LogP contribution in [0.25, 0.3) is 22.3 Å². The Kier molecular flexibility index (Phi) is 8.05. The molecule has 0 radical (unpaired) electrons. The molecule has 6 rings (SSSR count). The number of rotatable bonds is 11. The second-order valence-corrected chi connectivity index (χ2v) is 10.7. The van der Waals surface area contributed by atoms with E-state index in [1.54, 1.807) is 29.7 Å². The number of aryl methyl sites for hydroxylation is 1. The molecule has 1 aliphatic rings. The lowest BCUT2D eigenvalue weighted by atomic mass is 10.0. The molecular weight excluding hydrogens is 578 g/mol. The predicted molar refractivity (Wildman–Crippen MR) is 153 cm³/mol. The maximum Gasteiger partial charge on any atom is 0.335 e. The van der Waals surface area contributed by atoms with E-state index in [1.165, 1.54) is 24.3 Å². The van der Waals surface area contributed by atoms with E-state index < -0.39 is 29.2 Å². The molecule has 226 valence electrons. The van der Waals surface area contributed by atoms with Crippen LogP contribution in [-0.2, 0) is 24.3 Å². The molecule has 44 heavy (non-hydrogen) atoms. The van der Waals surface area contributed by atoms with E-state index >= 15 is 8.78 Å². The van der Waals surface area contributed by atoms with Crippen LogP contribution < -0.4 is 4.74 Å². The first kappa shape index (κ1) is 29.3. The Hall–Kier alpha value is -4.77. The van der Waals surface area contributed by atoms with Gasteiger partial charge in [-0.15, -0.1) is 0 Å². The van der Waals surface area contributed by atoms with E-state index in [0.29, 0.717) is 5.56 Å². The molecule has 0 unspecified atom stereocenters. The fourth-order valence-corrected chi connectivity index (χ4v) is 4.94. The van der Waals surface area contributed by atoms with Gasteiger partial charge in [0, 0.05) is 30.2 Å². The van der Waals surface area contributed by atoms with Gasteiger partial charge in [0.1, 0.15) is 35.4 Å². The van der Waals surface area contributed by atoms with Crippen molar-refractivity contribution in [2.24, 2.45) is 0 Å². The van der Waals surface area contributed by atoms with Gasteiger partial charge in [-0.05, 0) is 67.3 Å². The topological polar surface area (TPSA) is 86.5 Å². The summed E-state index contributed by atoms with van der Waals surface area (Å²) < 4.78 is 72.9. The Morgan fingerprint density at radius 1 is 0.932 bits per heavy atom. The SMILES string of the molecule is Cc1ccc(COc2cccc(-c3cc(F)c(Cc4nc5c(F)cc(C(=O)O)cc5n4CCOC4CC4)cc3F)n2)c(F)c1. The van der Waals surface area contributed by atoms with Crippen molar-refractivity contribution in [3.05, 3.63) is 112 Å². The number of benzene rings is 3. The van der Waals surface area contributed by atoms with Gasteiger partial charge in [-0.1, -0.05) is 18.2 Å². The number of hydrogen-bond donors (Lipinski definition) is 1. The highest BCUT2D eigenvalue weighted by Gasteiger charge is 2.24. The first-order valence-corrected chi connectivity index (χ1v) is 14.0. The molecule has 1 fully saturated rings. The number of halogens is 4. The fourth-order valence-electron chi connectivity index (χ4n) is 4.94. The number of pyridine rings is 1. The van der Waals surface area contributed by atoms with Crippen molar-refractivity contribution in [3.63, 3.8) is 0 Å². The summed E-state index contributed by atoms with van der Waals surface area (Å²) in [6.07, 6.45) is 1.85. The van der Waals surface area contributed by atoms with Gasteiger partial charge in [0.05, 0.1) is 29.5 Å². The van der Waals surface area contributed by atoms with E-state index in [9.17, 15) is 18.7 Å². The summed E-state index contributed by atoms with van der Waals surface area (Å²) in [7, 11) is 0. The van der Waals surface area contributed by atoms with Crippen molar-refractivity contribution in [1.29, 1.82) is 0 Å². The zero-order valence-corrected chi connectivity index (χ0v) is 23.6. The van der Waals surface area contributed by atoms with Gasteiger partial charge in [-0.25, -0.2) is 32.3 Å². The van der Waals surface area contributed by atoms with E-state index in [2.05, 4.69) is 9.97 Å². The third kappa shape index (κ3) is 6.28. The van der Waals surface area contributed by atoms with Crippen molar-refractivity contribution >= 4 is 17.0 Å². The molecule has 1 N–H and O–H groups in total. The Morgan fingerprint density at radius 3 is 2.48 bits per heavy atom. The summed E-state index contributed by atoms with van der Waals surface area (Å²) in [6.45, 7) is 2.16. The lowest BCUT2D eigenvalue weighted by molar-refractivity contribution is 0.0696. The van der Waals surface area contributed by atoms with Crippen LogP contribution in [0, 0.1) is 30.2 Å². The second-order valence-electron chi connectivity index (χ2n) is 10.7. The molecule has 7 nitrogen and oxygen atoms in total. The number of hydrogen-bond acceptors (Lipinski definition) is 5. The van der Waals surface area contributed by atoms with Gasteiger partial charge in [-0.2, -0.15) is 0 Å². The highest BCUT2D eigenvalue weighted by atomic mass is 19.1. The fraction of sp³-hybridized carbons (Fsp3) is 0.242. The van der Waals surface area contributed by atoms with Crippen molar-refractivity contribution in [2.75, 3.05) is 6.61 Å². The number of nitrogens with zero attached hydrogens (tertiary/aromatic N) is 3. The number of carbonyl (C=O) groups is 1. The van der Waals surface area contributed by atoms with Crippen LogP contribution in [-0.4, -0.2) is 38.3 Å². The Bertz CT molecular complexity index is 1890. The van der Waals surface area contributed by atoms with E-state index in [4.69, 9.17) is 9.47 Å². The minimum atomic E-state index is -1.30. The summed E-state index contributed by atoms with van der Waals surface area (Å²) in [5.74, 6) is -3.71. The van der Waals surface area contributed by atoms with E-state index in [-0.39, 0.29) is 77.4 Å². The van der Waals surface area contributed by atoms with Gasteiger partial charge in [0.15, 0.2) is 5.82 Å². The van der Waals surface area contributed by atoms with Gasteiger partial charge in [0.2, 0.25) is 5.88 Å². The van der Waals surface area contributed by atoms with Crippen LogP contribution in [0.15, 0.2) is 60.7 Å². The molecule has 0 aliphatic heterocycles. The van der Waals surface area contributed by atoms with Crippen LogP contribution in [0.4, 0.5) is 17.6 Å². The van der Waals surface area contributed by atoms with Crippen molar-refractivity contribution < 1.29 is 36.9 Å². The lowest BCUT2D eigenvalue weighted by Gasteiger charge is -2.12. The molecule has 3 aromatic carbocycles. The van der Waals surface area contributed by atoms with Crippen molar-refractivity contribution in [1.82, 2.24) is 14.5 Å². The molecule has 0 amide bonds. The van der Waals surface area contributed by atoms with Gasteiger partial charge < -0.3 is 19.1 Å². The van der Waals surface area contributed by atoms with Crippen LogP contribution in [0.3, 0.4) is 0 Å². The molecule has 0 bridgehead atoms. The highest BCUT2D eigenvalue weighted by molar-refractivity contribution is 5.92. The van der Waals surface area contributed by atoms with Gasteiger partial charge >= 0.3 is 5.97 Å². The van der Waals surface area contributed by atoms with Crippen LogP contribution in [0.1, 0.15) is 45.7 Å². The number of aromatic carboxylic acids is 1. The number of carboxylic acid groups (broad SMARTS) is 1. The maximum absolute atomic E-state index is 15.5. The first-order valence-electron chi connectivity index (χ1n) is 14.0. The molecule has 0 atom stereocenters. The Morgan fingerprint density at radius 2 is 1.73 bits per heavy atom. The average Bonchev–Trinajstić information content (AvgIpc) is 3.75. The number of aromatic nitrogens is 3. The second kappa shape index (κ2) is 12.1. The summed E-state index contributed by atoms with van der Waals surface area (Å²) in [5, 5.41) is 9.42. The standard InChI is InChI=1S/C33H27F4N3O4/c1-18-5-6-19(24(34)11-18)17-44-31-4-2-3-28(38-31)23-16-25(35)20(12-26(23)36)15-30-39-32-27(37)13-21(33(41)42)14-29(32)40(30)9-10-43-22-7-8-22/h2-6,11-14,16,22H,7-10,15,17H2,1H3,(H,41,42). The largest absolute Gasteiger partial charge is 0.478 e. The molecule has 5 aromatic rings. The summed E-state index contributed by atoms with van der Waals surface area (Å²) in [5.41, 5.74) is 0.966. The molecule has 11 heteroatoms. The molecule has 0 saturated heterocycles. The summed E-state index contributed by atoms with van der Waals surface area (Å²) in [4.78, 5) is 20.2. The van der Waals surface area contributed by atoms with Crippen molar-refractivity contribution in [2.45, 2.75) is 45.4 Å². The molecule has 0 spiro atoms. The summed E-state index contributed by atoms with van der Waals surface area (Å²) >= 11 is 0. The third-order valence-corrected chi connectivity index (χ3v) is 7.39. The number of carboxylic acids is 1. The van der Waals surface area contributed by atoms with Crippen molar-refractivity contribution in [3.8, 4) is 17.1 Å². The molecule has 1 saturated carbocycles. The summed E-state index contributed by atoms with van der Waals surface area (Å²) in [6, 6.07) is 13.6. The average molecular weight is 606 g/mol. The normalized spacial score (nSPS) is 13.0. The smallest absolute Gasteiger partial charge is 0.335 e. The number of ether oxygens (including phenoxy) is 2. The van der Waals surface area contributed by atoms with Crippen LogP contribution in [0.2, 0.25) is 0 Å². The zero-order chi connectivity index (χ0) is 31.0. The maximum atomic E-state index is 15.5. The zero-order valence-electron chi connectivity index (χ0n) is 23.6. The monoisotopic (exact) mass is 605 g/mol. The number of fused-ring (bicyclic) bond motifs is 1. The van der Waals surface area contributed by atoms with E-state index in [0.717, 1.165) is 36.6 Å². The predicted octanol–water partition coefficient (Wildman–Crippen LogP) is 7.01. The molecule has 1 aliphatic carbocycles. The van der Waals surface area contributed by atoms with Crippen LogP contribution in [0.5, 0.6) is 5.88 Å². The molecule has 2 aromatic heterocycles. The van der Waals surface area contributed by atoms with Gasteiger partial charge in [0.25, 0.3) is 0 Å². The van der Waals surface area contributed by atoms with Gasteiger partial charge in [-0.3, -0.25) is 0 Å². The first-order chi connectivity index (χ1) is 21.2. The van der Waals surface area contributed by atoms with Crippen LogP contribution >= 0.6 is 0 Å². The number of imidazole rings is 1. The molecule has 2 heterocycles. The quantitative estimate of drug-likeness (QED) is 0.163. The third-order valence-electron chi connectivity index (χ3n) is 7.39. The Balaban J connectivity index is 1.27. The Labute approximate surface area is 249 Å². The van der Waals surface area contributed by atoms with E-state index in [1.807, 2.05) is 0 Å². The lowest BCUT2D eigenvalue weighted by Crippen LogP contribution is -2.11. The highest BCUT2D eigenvalue weighted by Crippen LogP contribution is 2.29.